The third-order valence-corrected chi connectivity index (χ3v) is 4.13. The average molecular weight is 313 g/mol. The number of rotatable bonds is 4. The van der Waals surface area contributed by atoms with Crippen molar-refractivity contribution in [1.82, 2.24) is 0 Å². The van der Waals surface area contributed by atoms with Gasteiger partial charge in [-0.1, -0.05) is 48.0 Å². The summed E-state index contributed by atoms with van der Waals surface area (Å²) in [5.41, 5.74) is 0.505. The molecule has 2 rings (SSSR count). The summed E-state index contributed by atoms with van der Waals surface area (Å²) in [6, 6.07) is 4.77. The lowest BCUT2D eigenvalue weighted by atomic mass is 9.85. The van der Waals surface area contributed by atoms with Crippen LogP contribution in [-0.4, -0.2) is 5.78 Å². The van der Waals surface area contributed by atoms with Gasteiger partial charge in [-0.05, 0) is 29.7 Å². The van der Waals surface area contributed by atoms with Gasteiger partial charge in [-0.25, -0.2) is 4.39 Å². The quantitative estimate of drug-likeness (QED) is 0.789. The van der Waals surface area contributed by atoms with E-state index >= 15 is 0 Å². The predicted octanol–water partition coefficient (Wildman–Crippen LogP) is 4.67. The summed E-state index contributed by atoms with van der Waals surface area (Å²) in [6.45, 7) is 0. The summed E-state index contributed by atoms with van der Waals surface area (Å²) in [7, 11) is 0. The highest BCUT2D eigenvalue weighted by atomic mass is 79.9. The summed E-state index contributed by atoms with van der Waals surface area (Å²) in [5.74, 6) is 0.413. The van der Waals surface area contributed by atoms with Crippen LogP contribution in [0.1, 0.15) is 44.1 Å². The van der Waals surface area contributed by atoms with Gasteiger partial charge in [0.2, 0.25) is 0 Å². The third-order valence-electron chi connectivity index (χ3n) is 3.64. The first-order valence-electron chi connectivity index (χ1n) is 6.61. The van der Waals surface area contributed by atoms with Gasteiger partial charge in [0, 0.05) is 17.3 Å². The van der Waals surface area contributed by atoms with Crippen LogP contribution in [0.4, 0.5) is 4.39 Å². The smallest absolute Gasteiger partial charge is 0.137 e. The Kier molecular flexibility index (Phi) is 4.93. The van der Waals surface area contributed by atoms with E-state index in [1.165, 1.54) is 25.3 Å². The van der Waals surface area contributed by atoms with Crippen LogP contribution in [0.15, 0.2) is 22.7 Å². The molecule has 0 aliphatic heterocycles. The van der Waals surface area contributed by atoms with Gasteiger partial charge in [-0.3, -0.25) is 4.79 Å². The van der Waals surface area contributed by atoms with Crippen molar-refractivity contribution in [3.63, 3.8) is 0 Å². The molecule has 18 heavy (non-hydrogen) atoms. The van der Waals surface area contributed by atoms with E-state index in [4.69, 9.17) is 0 Å². The van der Waals surface area contributed by atoms with E-state index in [0.717, 1.165) is 17.3 Å². The maximum absolute atomic E-state index is 13.5. The second-order valence-electron chi connectivity index (χ2n) is 5.16. The Bertz CT molecular complexity index is 425. The number of halogens is 2. The second-order valence-corrected chi connectivity index (χ2v) is 6.08. The van der Waals surface area contributed by atoms with Gasteiger partial charge >= 0.3 is 0 Å². The number of carbonyl (C=O) groups excluding carboxylic acids is 1. The molecular weight excluding hydrogens is 295 g/mol. The van der Waals surface area contributed by atoms with Gasteiger partial charge in [0.25, 0.3) is 0 Å². The van der Waals surface area contributed by atoms with Crippen molar-refractivity contribution in [3.05, 3.63) is 34.1 Å². The van der Waals surface area contributed by atoms with Crippen LogP contribution in [0.3, 0.4) is 0 Å². The van der Waals surface area contributed by atoms with E-state index in [1.807, 2.05) is 0 Å². The maximum Gasteiger partial charge on any atom is 0.137 e. The van der Waals surface area contributed by atoms with Crippen LogP contribution in [0.2, 0.25) is 0 Å². The molecule has 0 amide bonds. The van der Waals surface area contributed by atoms with Gasteiger partial charge < -0.3 is 0 Å². The SMILES string of the molecule is O=C(Cc1cc(Br)ccc1F)CC1CCCCC1. The zero-order valence-corrected chi connectivity index (χ0v) is 12.0. The third kappa shape index (κ3) is 3.91. The van der Waals surface area contributed by atoms with Crippen LogP contribution in [-0.2, 0) is 11.2 Å². The fourth-order valence-corrected chi connectivity index (χ4v) is 3.09. The number of ketones is 1. The molecule has 1 aromatic carbocycles. The van der Waals surface area contributed by atoms with E-state index in [1.54, 1.807) is 12.1 Å². The zero-order valence-electron chi connectivity index (χ0n) is 10.4. The van der Waals surface area contributed by atoms with Crippen molar-refractivity contribution in [2.45, 2.75) is 44.9 Å². The molecule has 0 spiro atoms. The molecule has 98 valence electrons. The van der Waals surface area contributed by atoms with E-state index in [0.29, 0.717) is 17.9 Å². The van der Waals surface area contributed by atoms with Gasteiger partial charge in [-0.15, -0.1) is 0 Å². The molecule has 1 aromatic rings. The van der Waals surface area contributed by atoms with Crippen molar-refractivity contribution in [2.24, 2.45) is 5.92 Å². The maximum atomic E-state index is 13.5. The Morgan fingerprint density at radius 2 is 2.00 bits per heavy atom. The standard InChI is InChI=1S/C15H18BrFO/c16-13-6-7-15(17)12(9-13)10-14(18)8-11-4-2-1-3-5-11/h6-7,9,11H,1-5,8,10H2. The monoisotopic (exact) mass is 312 g/mol. The van der Waals surface area contributed by atoms with Crippen molar-refractivity contribution in [3.8, 4) is 0 Å². The molecule has 0 aromatic heterocycles. The highest BCUT2D eigenvalue weighted by molar-refractivity contribution is 9.10. The molecule has 0 N–H and O–H groups in total. The summed E-state index contributed by atoms with van der Waals surface area (Å²) < 4.78 is 14.4. The zero-order chi connectivity index (χ0) is 13.0. The number of hydrogen-bond donors (Lipinski definition) is 0. The molecule has 0 heterocycles. The lowest BCUT2D eigenvalue weighted by Crippen LogP contribution is -2.14. The summed E-state index contributed by atoms with van der Waals surface area (Å²) in [6.07, 6.45) is 6.93. The van der Waals surface area contributed by atoms with E-state index < -0.39 is 0 Å². The van der Waals surface area contributed by atoms with E-state index in [-0.39, 0.29) is 18.0 Å². The Labute approximate surface area is 116 Å². The average Bonchev–Trinajstić information content (AvgIpc) is 2.35. The van der Waals surface area contributed by atoms with E-state index in [2.05, 4.69) is 15.9 Å². The highest BCUT2D eigenvalue weighted by Gasteiger charge is 2.18. The van der Waals surface area contributed by atoms with Crippen molar-refractivity contribution < 1.29 is 9.18 Å². The molecule has 1 fully saturated rings. The molecule has 1 nitrogen and oxygen atoms in total. The van der Waals surface area contributed by atoms with E-state index in [9.17, 15) is 9.18 Å². The topological polar surface area (TPSA) is 17.1 Å². The first kappa shape index (κ1) is 13.7. The Hall–Kier alpha value is -0.700. The number of benzene rings is 1. The summed E-state index contributed by atoms with van der Waals surface area (Å²) in [4.78, 5) is 12.0. The van der Waals surface area contributed by atoms with Gasteiger partial charge in [0.15, 0.2) is 0 Å². The fourth-order valence-electron chi connectivity index (χ4n) is 2.68. The molecule has 1 aliphatic rings. The van der Waals surface area contributed by atoms with Crippen molar-refractivity contribution in [2.75, 3.05) is 0 Å². The van der Waals surface area contributed by atoms with Gasteiger partial charge in [-0.2, -0.15) is 0 Å². The molecule has 1 aliphatic carbocycles. The number of carbonyl (C=O) groups is 1. The molecule has 0 atom stereocenters. The first-order valence-corrected chi connectivity index (χ1v) is 7.40. The predicted molar refractivity (Wildman–Crippen MR) is 74.0 cm³/mol. The molecule has 0 unspecified atom stereocenters. The Balaban J connectivity index is 1.92. The molecule has 3 heteroatoms. The fraction of sp³-hybridized carbons (Fsp3) is 0.533. The van der Waals surface area contributed by atoms with Crippen LogP contribution < -0.4 is 0 Å². The second kappa shape index (κ2) is 6.46. The van der Waals surface area contributed by atoms with Crippen LogP contribution in [0, 0.1) is 11.7 Å². The van der Waals surface area contributed by atoms with Crippen molar-refractivity contribution in [1.29, 1.82) is 0 Å². The minimum absolute atomic E-state index is 0.166. The minimum Gasteiger partial charge on any atom is -0.299 e. The molecular formula is C15H18BrFO. The number of hydrogen-bond acceptors (Lipinski definition) is 1. The van der Waals surface area contributed by atoms with Crippen molar-refractivity contribution >= 4 is 21.7 Å². The lowest BCUT2D eigenvalue weighted by molar-refractivity contribution is -0.119. The molecule has 1 saturated carbocycles. The molecule has 0 saturated heterocycles. The summed E-state index contributed by atoms with van der Waals surface area (Å²) >= 11 is 3.31. The van der Waals surface area contributed by atoms with Gasteiger partial charge in [0.1, 0.15) is 11.6 Å². The normalized spacial score (nSPS) is 16.8. The molecule has 0 bridgehead atoms. The Morgan fingerprint density at radius 3 is 2.72 bits per heavy atom. The molecule has 0 radical (unpaired) electrons. The lowest BCUT2D eigenvalue weighted by Gasteiger charge is -2.20. The minimum atomic E-state index is -0.282. The first-order chi connectivity index (χ1) is 8.65. The van der Waals surface area contributed by atoms with Gasteiger partial charge in [0.05, 0.1) is 0 Å². The van der Waals surface area contributed by atoms with Crippen LogP contribution in [0.25, 0.3) is 0 Å². The highest BCUT2D eigenvalue weighted by Crippen LogP contribution is 2.27. The summed E-state index contributed by atoms with van der Waals surface area (Å²) in [5, 5.41) is 0. The van der Waals surface area contributed by atoms with Crippen LogP contribution in [0.5, 0.6) is 0 Å². The Morgan fingerprint density at radius 1 is 1.28 bits per heavy atom. The number of Topliss-reactive ketones (excluding diaryl/α,β-unsaturated/α-hetero) is 1. The largest absolute Gasteiger partial charge is 0.299 e. The van der Waals surface area contributed by atoms with Crippen LogP contribution >= 0.6 is 15.9 Å².